The molecular formula is C18H21NO4. The van der Waals surface area contributed by atoms with Gasteiger partial charge in [-0.05, 0) is 26.0 Å². The van der Waals surface area contributed by atoms with Crippen LogP contribution in [0.15, 0.2) is 34.8 Å². The van der Waals surface area contributed by atoms with Gasteiger partial charge in [-0.15, -0.1) is 0 Å². The number of esters is 1. The Balaban J connectivity index is 2.05. The Bertz CT molecular complexity index is 728. The fourth-order valence-corrected chi connectivity index (χ4v) is 2.24. The lowest BCUT2D eigenvalue weighted by molar-refractivity contribution is -0.147. The fourth-order valence-electron chi connectivity index (χ4n) is 2.24. The van der Waals surface area contributed by atoms with Crippen molar-refractivity contribution in [3.8, 4) is 0 Å². The fraction of sp³-hybridized carbons (Fsp3) is 0.333. The number of furan rings is 1. The molecule has 2 rings (SSSR count). The van der Waals surface area contributed by atoms with Crippen LogP contribution in [0.1, 0.15) is 32.1 Å². The summed E-state index contributed by atoms with van der Waals surface area (Å²) in [6, 6.07) is 7.69. The Hall–Kier alpha value is -2.56. The zero-order valence-corrected chi connectivity index (χ0v) is 13.6. The summed E-state index contributed by atoms with van der Waals surface area (Å²) in [5.74, 6) is 0.0252. The average molecular weight is 315 g/mol. The van der Waals surface area contributed by atoms with Crippen molar-refractivity contribution in [1.82, 2.24) is 5.32 Å². The number of benzene rings is 1. The first kappa shape index (κ1) is 16.8. The molecule has 0 saturated heterocycles. The summed E-state index contributed by atoms with van der Waals surface area (Å²) in [4.78, 5) is 23.2. The summed E-state index contributed by atoms with van der Waals surface area (Å²) in [6.45, 7) is 5.37. The Morgan fingerprint density at radius 1 is 1.30 bits per heavy atom. The van der Waals surface area contributed by atoms with Crippen molar-refractivity contribution in [2.75, 3.05) is 6.54 Å². The molecule has 0 atom stereocenters. The molecule has 0 fully saturated rings. The van der Waals surface area contributed by atoms with Gasteiger partial charge in [0, 0.05) is 23.4 Å². The number of rotatable bonds is 6. The van der Waals surface area contributed by atoms with Crippen LogP contribution in [0.5, 0.6) is 0 Å². The molecule has 0 saturated carbocycles. The lowest BCUT2D eigenvalue weighted by Gasteiger charge is -2.07. The van der Waals surface area contributed by atoms with Crippen molar-refractivity contribution in [1.29, 1.82) is 0 Å². The summed E-state index contributed by atoms with van der Waals surface area (Å²) in [6.07, 6.45) is 3.66. The van der Waals surface area contributed by atoms with Crippen LogP contribution in [0.25, 0.3) is 17.0 Å². The van der Waals surface area contributed by atoms with Gasteiger partial charge in [0.1, 0.15) is 17.9 Å². The zero-order chi connectivity index (χ0) is 16.8. The molecule has 5 nitrogen and oxygen atoms in total. The largest absolute Gasteiger partial charge is 0.462 e. The monoisotopic (exact) mass is 315 g/mol. The molecule has 2 aromatic rings. The third kappa shape index (κ3) is 4.45. The number of ether oxygens (including phenoxy) is 1. The highest BCUT2D eigenvalue weighted by atomic mass is 16.5. The van der Waals surface area contributed by atoms with E-state index in [1.807, 2.05) is 31.2 Å². The quantitative estimate of drug-likeness (QED) is 0.657. The van der Waals surface area contributed by atoms with Gasteiger partial charge in [0.05, 0.1) is 6.10 Å². The van der Waals surface area contributed by atoms with Gasteiger partial charge in [-0.1, -0.05) is 25.1 Å². The van der Waals surface area contributed by atoms with Crippen molar-refractivity contribution in [3.05, 3.63) is 41.7 Å². The minimum atomic E-state index is -0.454. The topological polar surface area (TPSA) is 68.5 Å². The van der Waals surface area contributed by atoms with Gasteiger partial charge in [-0.3, -0.25) is 9.59 Å². The molecule has 0 unspecified atom stereocenters. The minimum absolute atomic E-state index is 0.145. The number of carbonyl (C=O) groups excluding carboxylic acids is 2. The summed E-state index contributed by atoms with van der Waals surface area (Å²) in [7, 11) is 0. The van der Waals surface area contributed by atoms with E-state index in [9.17, 15) is 9.59 Å². The molecule has 0 aliphatic rings. The number of carbonyl (C=O) groups is 2. The van der Waals surface area contributed by atoms with Crippen molar-refractivity contribution < 1.29 is 18.7 Å². The lowest BCUT2D eigenvalue weighted by atomic mass is 10.1. The molecule has 1 aromatic heterocycles. The van der Waals surface area contributed by atoms with Gasteiger partial charge >= 0.3 is 5.97 Å². The maximum absolute atomic E-state index is 11.8. The van der Waals surface area contributed by atoms with Crippen LogP contribution < -0.4 is 5.32 Å². The van der Waals surface area contributed by atoms with E-state index in [1.165, 1.54) is 6.08 Å². The molecule has 0 aliphatic heterocycles. The van der Waals surface area contributed by atoms with E-state index in [-0.39, 0.29) is 18.6 Å². The average Bonchev–Trinajstić information content (AvgIpc) is 2.88. The Morgan fingerprint density at radius 2 is 2.04 bits per heavy atom. The Kier molecular flexibility index (Phi) is 5.57. The number of aryl methyl sites for hydroxylation is 1. The molecule has 1 heterocycles. The molecule has 0 spiro atoms. The highest BCUT2D eigenvalue weighted by Gasteiger charge is 2.11. The number of para-hydroxylation sites is 1. The first-order valence-corrected chi connectivity index (χ1v) is 7.67. The Morgan fingerprint density at radius 3 is 2.74 bits per heavy atom. The van der Waals surface area contributed by atoms with Gasteiger partial charge < -0.3 is 14.5 Å². The first-order chi connectivity index (χ1) is 11.0. The van der Waals surface area contributed by atoms with Crippen LogP contribution in [0.3, 0.4) is 0 Å². The Labute approximate surface area is 135 Å². The molecule has 0 bridgehead atoms. The van der Waals surface area contributed by atoms with Gasteiger partial charge in [0.15, 0.2) is 0 Å². The smallest absolute Gasteiger partial charge is 0.325 e. The molecule has 0 radical (unpaired) electrons. The molecule has 5 heteroatoms. The SMILES string of the molecule is CCc1oc2ccccc2c1/C=C/C(=O)NCC(=O)OC(C)C. The van der Waals surface area contributed by atoms with Crippen LogP contribution in [0.4, 0.5) is 0 Å². The van der Waals surface area contributed by atoms with Crippen molar-refractivity contribution in [2.45, 2.75) is 33.3 Å². The van der Waals surface area contributed by atoms with E-state index in [2.05, 4.69) is 5.32 Å². The van der Waals surface area contributed by atoms with Crippen molar-refractivity contribution >= 4 is 28.9 Å². The second kappa shape index (κ2) is 7.63. The van der Waals surface area contributed by atoms with E-state index in [0.717, 1.165) is 28.7 Å². The molecule has 1 aromatic carbocycles. The number of amides is 1. The maximum Gasteiger partial charge on any atom is 0.325 e. The maximum atomic E-state index is 11.8. The molecular weight excluding hydrogens is 294 g/mol. The second-order valence-corrected chi connectivity index (χ2v) is 5.38. The summed E-state index contributed by atoms with van der Waals surface area (Å²) >= 11 is 0. The minimum Gasteiger partial charge on any atom is -0.462 e. The van der Waals surface area contributed by atoms with E-state index >= 15 is 0 Å². The third-order valence-corrected chi connectivity index (χ3v) is 3.21. The van der Waals surface area contributed by atoms with Crippen molar-refractivity contribution in [3.63, 3.8) is 0 Å². The van der Waals surface area contributed by atoms with Gasteiger partial charge in [-0.25, -0.2) is 0 Å². The van der Waals surface area contributed by atoms with Crippen LogP contribution in [0, 0.1) is 0 Å². The third-order valence-electron chi connectivity index (χ3n) is 3.21. The number of hydrogen-bond acceptors (Lipinski definition) is 4. The van der Waals surface area contributed by atoms with Gasteiger partial charge in [-0.2, -0.15) is 0 Å². The molecule has 1 amide bonds. The lowest BCUT2D eigenvalue weighted by Crippen LogP contribution is -2.30. The van der Waals surface area contributed by atoms with Crippen LogP contribution >= 0.6 is 0 Å². The van der Waals surface area contributed by atoms with E-state index < -0.39 is 5.97 Å². The highest BCUT2D eigenvalue weighted by Crippen LogP contribution is 2.27. The number of hydrogen-bond donors (Lipinski definition) is 1. The molecule has 23 heavy (non-hydrogen) atoms. The van der Waals surface area contributed by atoms with Gasteiger partial charge in [0.25, 0.3) is 0 Å². The van der Waals surface area contributed by atoms with Crippen LogP contribution in [0.2, 0.25) is 0 Å². The van der Waals surface area contributed by atoms with Gasteiger partial charge in [0.2, 0.25) is 5.91 Å². The molecule has 1 N–H and O–H groups in total. The zero-order valence-electron chi connectivity index (χ0n) is 13.6. The summed E-state index contributed by atoms with van der Waals surface area (Å²) in [5.41, 5.74) is 1.69. The second-order valence-electron chi connectivity index (χ2n) is 5.38. The normalized spacial score (nSPS) is 11.3. The van der Waals surface area contributed by atoms with E-state index in [1.54, 1.807) is 19.9 Å². The van der Waals surface area contributed by atoms with Crippen molar-refractivity contribution in [2.24, 2.45) is 0 Å². The summed E-state index contributed by atoms with van der Waals surface area (Å²) in [5, 5.41) is 3.47. The summed E-state index contributed by atoms with van der Waals surface area (Å²) < 4.78 is 10.7. The molecule has 0 aliphatic carbocycles. The van der Waals surface area contributed by atoms with Crippen LogP contribution in [-0.2, 0) is 20.7 Å². The predicted molar refractivity (Wildman–Crippen MR) is 88.9 cm³/mol. The number of fused-ring (bicyclic) bond motifs is 1. The van der Waals surface area contributed by atoms with E-state index in [0.29, 0.717) is 0 Å². The predicted octanol–water partition coefficient (Wildman–Crippen LogP) is 3.08. The number of nitrogens with one attached hydrogen (secondary N) is 1. The standard InChI is InChI=1S/C18H21NO4/c1-4-15-14(13-7-5-6-8-16(13)23-15)9-10-17(20)19-11-18(21)22-12(2)3/h5-10,12H,4,11H2,1-3H3,(H,19,20)/b10-9+. The van der Waals surface area contributed by atoms with E-state index in [4.69, 9.17) is 9.15 Å². The first-order valence-electron chi connectivity index (χ1n) is 7.67. The van der Waals surface area contributed by atoms with Crippen LogP contribution in [-0.4, -0.2) is 24.5 Å². The highest BCUT2D eigenvalue weighted by molar-refractivity contribution is 5.97. The molecule has 122 valence electrons.